The van der Waals surface area contributed by atoms with Crippen LogP contribution in [-0.4, -0.2) is 17.6 Å². The van der Waals surface area contributed by atoms with Gasteiger partial charge in [-0.1, -0.05) is 13.3 Å². The lowest BCUT2D eigenvalue weighted by atomic mass is 10.3. The Bertz CT molecular complexity index is 274. The Morgan fingerprint density at radius 3 is 3.07 bits per heavy atom. The van der Waals surface area contributed by atoms with Crippen LogP contribution in [0.15, 0.2) is 24.5 Å². The zero-order chi connectivity index (χ0) is 10.2. The third kappa shape index (κ3) is 3.53. The number of carbonyl (C=O) groups excluding carboxylic acids is 1. The van der Waals surface area contributed by atoms with Crippen molar-refractivity contribution in [2.75, 3.05) is 6.61 Å². The summed E-state index contributed by atoms with van der Waals surface area (Å²) in [6.45, 7) is 2.47. The Hall–Kier alpha value is -1.42. The summed E-state index contributed by atoms with van der Waals surface area (Å²) in [5.41, 5.74) is 0.393. The molecule has 0 bridgehead atoms. The molecule has 0 aliphatic heterocycles. The van der Waals surface area contributed by atoms with E-state index < -0.39 is 5.97 Å². The van der Waals surface area contributed by atoms with Gasteiger partial charge >= 0.3 is 5.97 Å². The van der Waals surface area contributed by atoms with Crippen molar-refractivity contribution in [3.63, 3.8) is 0 Å². The second-order valence-electron chi connectivity index (χ2n) is 2.79. The third-order valence-electron chi connectivity index (χ3n) is 1.61. The molecule has 14 heavy (non-hydrogen) atoms. The number of hydrogen-bond acceptors (Lipinski definition) is 4. The number of carbonyl (C=O) groups is 1. The van der Waals surface area contributed by atoms with E-state index in [9.17, 15) is 4.79 Å². The minimum atomic E-state index is -0.505. The van der Waals surface area contributed by atoms with Gasteiger partial charge in [-0.05, 0) is 18.6 Å². The molecule has 0 aliphatic rings. The predicted octanol–water partition coefficient (Wildman–Crippen LogP) is 1.97. The highest BCUT2D eigenvalue weighted by Gasteiger charge is 2.06. The maximum Gasteiger partial charge on any atom is 0.374 e. The van der Waals surface area contributed by atoms with Gasteiger partial charge in [-0.2, -0.15) is 4.89 Å². The second-order valence-corrected chi connectivity index (χ2v) is 2.79. The first kappa shape index (κ1) is 10.7. The normalized spacial score (nSPS) is 9.79. The first-order chi connectivity index (χ1) is 6.84. The van der Waals surface area contributed by atoms with Crippen molar-refractivity contribution in [2.24, 2.45) is 0 Å². The summed E-state index contributed by atoms with van der Waals surface area (Å²) in [5, 5.41) is 0. The molecule has 0 atom stereocenters. The van der Waals surface area contributed by atoms with E-state index in [-0.39, 0.29) is 0 Å². The van der Waals surface area contributed by atoms with Crippen LogP contribution in [0.3, 0.4) is 0 Å². The van der Waals surface area contributed by atoms with Crippen LogP contribution in [0.4, 0.5) is 0 Å². The fourth-order valence-electron chi connectivity index (χ4n) is 0.830. The standard InChI is InChI=1S/C10H13NO3/c1-2-3-7-13-14-10(12)9-5-4-6-11-8-9/h4-6,8H,2-3,7H2,1H3. The van der Waals surface area contributed by atoms with E-state index >= 15 is 0 Å². The van der Waals surface area contributed by atoms with Crippen molar-refractivity contribution in [2.45, 2.75) is 19.8 Å². The second kappa shape index (κ2) is 6.10. The first-order valence-electron chi connectivity index (χ1n) is 4.58. The van der Waals surface area contributed by atoms with E-state index in [1.165, 1.54) is 6.20 Å². The molecule has 0 N–H and O–H groups in total. The fourth-order valence-corrected chi connectivity index (χ4v) is 0.830. The van der Waals surface area contributed by atoms with E-state index in [4.69, 9.17) is 4.89 Å². The molecule has 0 unspecified atom stereocenters. The fraction of sp³-hybridized carbons (Fsp3) is 0.400. The lowest BCUT2D eigenvalue weighted by molar-refractivity contribution is -0.241. The highest BCUT2D eigenvalue weighted by Crippen LogP contribution is 1.99. The summed E-state index contributed by atoms with van der Waals surface area (Å²) in [6, 6.07) is 3.29. The number of nitrogens with zero attached hydrogens (tertiary/aromatic N) is 1. The third-order valence-corrected chi connectivity index (χ3v) is 1.61. The number of hydrogen-bond donors (Lipinski definition) is 0. The Labute approximate surface area is 82.8 Å². The smallest absolute Gasteiger partial charge is 0.293 e. The highest BCUT2D eigenvalue weighted by molar-refractivity contribution is 5.88. The summed E-state index contributed by atoms with van der Waals surface area (Å²) >= 11 is 0. The molecule has 1 heterocycles. The topological polar surface area (TPSA) is 48.4 Å². The van der Waals surface area contributed by atoms with Crippen LogP contribution in [0, 0.1) is 0 Å². The maximum absolute atomic E-state index is 11.2. The Kier molecular flexibility index (Phi) is 4.64. The van der Waals surface area contributed by atoms with Gasteiger partial charge in [-0.15, -0.1) is 0 Å². The molecule has 0 aliphatic carbocycles. The average Bonchev–Trinajstić information content (AvgIpc) is 2.25. The van der Waals surface area contributed by atoms with Gasteiger partial charge in [0.05, 0.1) is 12.2 Å². The Morgan fingerprint density at radius 2 is 2.43 bits per heavy atom. The van der Waals surface area contributed by atoms with Crippen molar-refractivity contribution in [1.29, 1.82) is 0 Å². The van der Waals surface area contributed by atoms with Gasteiger partial charge in [0.1, 0.15) is 0 Å². The molecule has 0 aromatic carbocycles. The SMILES string of the molecule is CCCCOOC(=O)c1cccnc1. The minimum Gasteiger partial charge on any atom is -0.293 e. The molecule has 1 rings (SSSR count). The van der Waals surface area contributed by atoms with Crippen molar-refractivity contribution in [3.05, 3.63) is 30.1 Å². The zero-order valence-electron chi connectivity index (χ0n) is 8.10. The van der Waals surface area contributed by atoms with E-state index in [1.807, 2.05) is 6.92 Å². The zero-order valence-corrected chi connectivity index (χ0v) is 8.10. The molecule has 0 spiro atoms. The minimum absolute atomic E-state index is 0.393. The van der Waals surface area contributed by atoms with E-state index in [2.05, 4.69) is 9.87 Å². The monoisotopic (exact) mass is 195 g/mol. The average molecular weight is 195 g/mol. The lowest BCUT2D eigenvalue weighted by Crippen LogP contribution is -2.06. The van der Waals surface area contributed by atoms with Crippen LogP contribution in [0.25, 0.3) is 0 Å². The molecule has 0 radical (unpaired) electrons. The summed E-state index contributed by atoms with van der Waals surface area (Å²) in [4.78, 5) is 24.3. The molecule has 0 saturated heterocycles. The van der Waals surface area contributed by atoms with E-state index in [0.29, 0.717) is 12.2 Å². The van der Waals surface area contributed by atoms with Crippen molar-refractivity contribution >= 4 is 5.97 Å². The Morgan fingerprint density at radius 1 is 1.57 bits per heavy atom. The molecular formula is C10H13NO3. The molecule has 0 fully saturated rings. The van der Waals surface area contributed by atoms with Crippen LogP contribution < -0.4 is 0 Å². The van der Waals surface area contributed by atoms with Crippen LogP contribution in [0.1, 0.15) is 30.1 Å². The van der Waals surface area contributed by atoms with Gasteiger partial charge in [0, 0.05) is 12.4 Å². The van der Waals surface area contributed by atoms with Crippen LogP contribution in [-0.2, 0) is 9.78 Å². The van der Waals surface area contributed by atoms with Crippen molar-refractivity contribution < 1.29 is 14.6 Å². The van der Waals surface area contributed by atoms with E-state index in [1.54, 1.807) is 18.3 Å². The lowest BCUT2D eigenvalue weighted by Gasteiger charge is -2.01. The van der Waals surface area contributed by atoms with Gasteiger partial charge < -0.3 is 0 Å². The van der Waals surface area contributed by atoms with Gasteiger partial charge in [0.2, 0.25) is 0 Å². The molecule has 1 aromatic heterocycles. The summed E-state index contributed by atoms with van der Waals surface area (Å²) in [7, 11) is 0. The van der Waals surface area contributed by atoms with Gasteiger partial charge in [-0.25, -0.2) is 4.79 Å². The summed E-state index contributed by atoms with van der Waals surface area (Å²) in [6.07, 6.45) is 4.91. The summed E-state index contributed by atoms with van der Waals surface area (Å²) < 4.78 is 0. The van der Waals surface area contributed by atoms with Crippen LogP contribution in [0.2, 0.25) is 0 Å². The van der Waals surface area contributed by atoms with Gasteiger partial charge in [0.15, 0.2) is 0 Å². The van der Waals surface area contributed by atoms with Gasteiger partial charge in [-0.3, -0.25) is 9.87 Å². The van der Waals surface area contributed by atoms with E-state index in [0.717, 1.165) is 12.8 Å². The predicted molar refractivity (Wildman–Crippen MR) is 50.5 cm³/mol. The molecular weight excluding hydrogens is 182 g/mol. The number of rotatable bonds is 5. The molecule has 4 nitrogen and oxygen atoms in total. The van der Waals surface area contributed by atoms with Gasteiger partial charge in [0.25, 0.3) is 0 Å². The molecule has 0 amide bonds. The van der Waals surface area contributed by atoms with Crippen LogP contribution >= 0.6 is 0 Å². The van der Waals surface area contributed by atoms with Crippen LogP contribution in [0.5, 0.6) is 0 Å². The molecule has 4 heteroatoms. The number of unbranched alkanes of at least 4 members (excludes halogenated alkanes) is 1. The number of aromatic nitrogens is 1. The molecule has 76 valence electrons. The summed E-state index contributed by atoms with van der Waals surface area (Å²) in [5.74, 6) is -0.505. The maximum atomic E-state index is 11.2. The first-order valence-corrected chi connectivity index (χ1v) is 4.58. The quantitative estimate of drug-likeness (QED) is 0.409. The number of pyridine rings is 1. The molecule has 1 aromatic rings. The highest BCUT2D eigenvalue weighted by atomic mass is 17.2. The molecule has 0 saturated carbocycles. The largest absolute Gasteiger partial charge is 0.374 e. The Balaban J connectivity index is 2.29. The van der Waals surface area contributed by atoms with Crippen molar-refractivity contribution in [3.8, 4) is 0 Å². The van der Waals surface area contributed by atoms with Crippen molar-refractivity contribution in [1.82, 2.24) is 4.98 Å².